The lowest BCUT2D eigenvalue weighted by molar-refractivity contribution is 0.0954. The molecule has 2 N–H and O–H groups in total. The number of rotatable bonds is 4. The van der Waals surface area contributed by atoms with Gasteiger partial charge in [-0.3, -0.25) is 9.59 Å². The number of benzene rings is 1. The molecule has 0 saturated carbocycles. The molecule has 1 aromatic heterocycles. The molecule has 1 aromatic carbocycles. The predicted octanol–water partition coefficient (Wildman–Crippen LogP) is 2.24. The Kier molecular flexibility index (Phi) is 4.52. The van der Waals surface area contributed by atoms with Gasteiger partial charge in [-0.05, 0) is 11.6 Å². The second kappa shape index (κ2) is 6.33. The smallest absolute Gasteiger partial charge is 0.251 e. The lowest BCUT2D eigenvalue weighted by Crippen LogP contribution is -2.27. The van der Waals surface area contributed by atoms with Gasteiger partial charge >= 0.3 is 0 Å². The van der Waals surface area contributed by atoms with E-state index >= 15 is 0 Å². The van der Waals surface area contributed by atoms with Gasteiger partial charge in [0.15, 0.2) is 0 Å². The first-order chi connectivity index (χ1) is 9.16. The third kappa shape index (κ3) is 3.79. The van der Waals surface area contributed by atoms with Crippen molar-refractivity contribution in [2.24, 2.45) is 0 Å². The maximum Gasteiger partial charge on any atom is 0.251 e. The van der Waals surface area contributed by atoms with E-state index in [2.05, 4.69) is 26.2 Å². The molecule has 0 aliphatic rings. The molecule has 1 unspecified atom stereocenters. The Bertz CT molecular complexity index is 610. The van der Waals surface area contributed by atoms with Crippen molar-refractivity contribution in [3.8, 4) is 0 Å². The van der Waals surface area contributed by atoms with Crippen LogP contribution in [0.25, 0.3) is 0 Å². The Balaban J connectivity index is 1.96. The number of aromatic nitrogens is 1. The highest BCUT2D eigenvalue weighted by Gasteiger charge is 2.10. The average molecular weight is 321 g/mol. The third-order valence-corrected chi connectivity index (χ3v) is 3.49. The predicted molar refractivity (Wildman–Crippen MR) is 77.5 cm³/mol. The van der Waals surface area contributed by atoms with Crippen molar-refractivity contribution in [2.45, 2.75) is 4.83 Å². The van der Waals surface area contributed by atoms with E-state index in [1.54, 1.807) is 6.07 Å². The number of hydrogen-bond donors (Lipinski definition) is 2. The summed E-state index contributed by atoms with van der Waals surface area (Å²) in [5, 5.41) is 2.79. The van der Waals surface area contributed by atoms with E-state index in [4.69, 9.17) is 0 Å². The Hall–Kier alpha value is -1.88. The number of nitrogens with one attached hydrogen (secondary N) is 2. The van der Waals surface area contributed by atoms with Gasteiger partial charge in [-0.15, -0.1) is 0 Å². The zero-order chi connectivity index (χ0) is 13.7. The maximum atomic E-state index is 11.8. The van der Waals surface area contributed by atoms with Gasteiger partial charge in [-0.25, -0.2) is 0 Å². The Morgan fingerprint density at radius 2 is 2.00 bits per heavy atom. The minimum atomic E-state index is -0.286. The summed E-state index contributed by atoms with van der Waals surface area (Å²) in [6, 6.07) is 12.7. The highest BCUT2D eigenvalue weighted by Crippen LogP contribution is 2.21. The molecule has 2 rings (SSSR count). The van der Waals surface area contributed by atoms with Crippen molar-refractivity contribution in [3.63, 3.8) is 0 Å². The highest BCUT2D eigenvalue weighted by atomic mass is 79.9. The summed E-state index contributed by atoms with van der Waals surface area (Å²) in [7, 11) is 0. The quantitative estimate of drug-likeness (QED) is 0.849. The molecule has 19 heavy (non-hydrogen) atoms. The summed E-state index contributed by atoms with van der Waals surface area (Å²) in [6.45, 7) is 0.454. The number of carbonyl (C=O) groups is 1. The fourth-order valence-corrected chi connectivity index (χ4v) is 2.12. The second-order valence-electron chi connectivity index (χ2n) is 4.03. The van der Waals surface area contributed by atoms with Crippen LogP contribution in [0.4, 0.5) is 0 Å². The van der Waals surface area contributed by atoms with E-state index in [0.717, 1.165) is 5.56 Å². The fourth-order valence-electron chi connectivity index (χ4n) is 1.65. The zero-order valence-electron chi connectivity index (χ0n) is 10.1. The first-order valence-electron chi connectivity index (χ1n) is 5.83. The summed E-state index contributed by atoms with van der Waals surface area (Å²) < 4.78 is 0. The van der Waals surface area contributed by atoms with Gasteiger partial charge in [0.05, 0.1) is 4.83 Å². The summed E-state index contributed by atoms with van der Waals surface area (Å²) in [4.78, 5) is 25.5. The van der Waals surface area contributed by atoms with Gasteiger partial charge in [0.1, 0.15) is 0 Å². The molecule has 0 fully saturated rings. The van der Waals surface area contributed by atoms with E-state index < -0.39 is 0 Å². The summed E-state index contributed by atoms with van der Waals surface area (Å²) in [5.41, 5.74) is 1.16. The Morgan fingerprint density at radius 1 is 1.26 bits per heavy atom. The minimum absolute atomic E-state index is 0.0413. The SMILES string of the molecule is O=C(NCC(Br)c1ccccc1)c1cc[nH]c(=O)c1. The molecule has 1 amide bonds. The van der Waals surface area contributed by atoms with Gasteiger partial charge in [0, 0.05) is 24.4 Å². The molecule has 5 heteroatoms. The monoisotopic (exact) mass is 320 g/mol. The van der Waals surface area contributed by atoms with E-state index in [1.165, 1.54) is 12.3 Å². The van der Waals surface area contributed by atoms with E-state index in [9.17, 15) is 9.59 Å². The summed E-state index contributed by atoms with van der Waals surface area (Å²) in [5.74, 6) is -0.258. The zero-order valence-corrected chi connectivity index (χ0v) is 11.7. The van der Waals surface area contributed by atoms with Crippen LogP contribution in [0.15, 0.2) is 53.5 Å². The molecule has 98 valence electrons. The number of hydrogen-bond acceptors (Lipinski definition) is 2. The van der Waals surface area contributed by atoms with Gasteiger partial charge < -0.3 is 10.3 Å². The van der Waals surface area contributed by atoms with E-state index in [1.807, 2.05) is 30.3 Å². The van der Waals surface area contributed by atoms with Gasteiger partial charge in [-0.2, -0.15) is 0 Å². The molecule has 1 atom stereocenters. The molecule has 0 spiro atoms. The second-order valence-corrected chi connectivity index (χ2v) is 5.14. The normalized spacial score (nSPS) is 11.8. The summed E-state index contributed by atoms with van der Waals surface area (Å²) >= 11 is 3.52. The van der Waals surface area contributed by atoms with Crippen molar-refractivity contribution in [2.75, 3.05) is 6.54 Å². The maximum absolute atomic E-state index is 11.8. The van der Waals surface area contributed by atoms with Crippen molar-refractivity contribution in [3.05, 3.63) is 70.1 Å². The Labute approximate surface area is 119 Å². The number of H-pyrrole nitrogens is 1. The first-order valence-corrected chi connectivity index (χ1v) is 6.74. The third-order valence-electron chi connectivity index (χ3n) is 2.64. The number of halogens is 1. The molecule has 0 aliphatic heterocycles. The number of aromatic amines is 1. The molecule has 1 heterocycles. The van der Waals surface area contributed by atoms with Crippen LogP contribution < -0.4 is 10.9 Å². The van der Waals surface area contributed by atoms with Gasteiger partial charge in [0.2, 0.25) is 5.56 Å². The number of alkyl halides is 1. The molecule has 0 bridgehead atoms. The lowest BCUT2D eigenvalue weighted by atomic mass is 10.1. The average Bonchev–Trinajstić information content (AvgIpc) is 2.45. The van der Waals surface area contributed by atoms with Crippen LogP contribution in [-0.4, -0.2) is 17.4 Å². The van der Waals surface area contributed by atoms with Crippen LogP contribution in [0.5, 0.6) is 0 Å². The lowest BCUT2D eigenvalue weighted by Gasteiger charge is -2.11. The minimum Gasteiger partial charge on any atom is -0.351 e. The van der Waals surface area contributed by atoms with Crippen molar-refractivity contribution >= 4 is 21.8 Å². The van der Waals surface area contributed by atoms with E-state index in [0.29, 0.717) is 12.1 Å². The van der Waals surface area contributed by atoms with Crippen molar-refractivity contribution in [1.82, 2.24) is 10.3 Å². The highest BCUT2D eigenvalue weighted by molar-refractivity contribution is 9.09. The molecule has 4 nitrogen and oxygen atoms in total. The molecule has 2 aromatic rings. The van der Waals surface area contributed by atoms with Crippen LogP contribution in [0.3, 0.4) is 0 Å². The number of amides is 1. The van der Waals surface area contributed by atoms with Crippen LogP contribution in [0.1, 0.15) is 20.7 Å². The fraction of sp³-hybridized carbons (Fsp3) is 0.143. The molecule has 0 aliphatic carbocycles. The topological polar surface area (TPSA) is 62.0 Å². The molecule has 0 saturated heterocycles. The van der Waals surface area contributed by atoms with Crippen LogP contribution in [-0.2, 0) is 0 Å². The molecular weight excluding hydrogens is 308 g/mol. The van der Waals surface area contributed by atoms with Crippen molar-refractivity contribution < 1.29 is 4.79 Å². The van der Waals surface area contributed by atoms with Crippen LogP contribution in [0.2, 0.25) is 0 Å². The number of pyridine rings is 1. The molecular formula is C14H13BrN2O2. The first kappa shape index (κ1) is 13.5. The van der Waals surface area contributed by atoms with E-state index in [-0.39, 0.29) is 16.3 Å². The van der Waals surface area contributed by atoms with Crippen LogP contribution in [0, 0.1) is 0 Å². The van der Waals surface area contributed by atoms with Crippen molar-refractivity contribution in [1.29, 1.82) is 0 Å². The standard InChI is InChI=1S/C14H13BrN2O2/c15-12(10-4-2-1-3-5-10)9-17-14(19)11-6-7-16-13(18)8-11/h1-8,12H,9H2,(H,16,18)(H,17,19). The van der Waals surface area contributed by atoms with Crippen LogP contribution >= 0.6 is 15.9 Å². The van der Waals surface area contributed by atoms with Gasteiger partial charge in [0.25, 0.3) is 5.91 Å². The molecule has 0 radical (unpaired) electrons. The van der Waals surface area contributed by atoms with Gasteiger partial charge in [-0.1, -0.05) is 46.3 Å². The Morgan fingerprint density at radius 3 is 2.68 bits per heavy atom. The summed E-state index contributed by atoms with van der Waals surface area (Å²) in [6.07, 6.45) is 1.46. The largest absolute Gasteiger partial charge is 0.351 e. The number of carbonyl (C=O) groups excluding carboxylic acids is 1.